The summed E-state index contributed by atoms with van der Waals surface area (Å²) in [6, 6.07) is 5.58. The van der Waals surface area contributed by atoms with E-state index in [1.807, 2.05) is 6.07 Å². The van der Waals surface area contributed by atoms with Gasteiger partial charge in [0.1, 0.15) is 5.82 Å². The second kappa shape index (κ2) is 5.96. The predicted molar refractivity (Wildman–Crippen MR) is 72.4 cm³/mol. The Morgan fingerprint density at radius 3 is 2.82 bits per heavy atom. The molecule has 1 atom stereocenters. The van der Waals surface area contributed by atoms with E-state index in [1.54, 1.807) is 6.07 Å². The van der Waals surface area contributed by atoms with Gasteiger partial charge >= 0.3 is 0 Å². The van der Waals surface area contributed by atoms with Crippen molar-refractivity contribution < 1.29 is 4.39 Å². The molecule has 1 saturated carbocycles. The van der Waals surface area contributed by atoms with E-state index in [1.165, 1.54) is 31.7 Å². The van der Waals surface area contributed by atoms with Crippen molar-refractivity contribution in [2.45, 2.75) is 45.2 Å². The van der Waals surface area contributed by atoms with Gasteiger partial charge in [-0.1, -0.05) is 28.8 Å². The van der Waals surface area contributed by atoms with Crippen LogP contribution in [0.2, 0.25) is 0 Å². The first kappa shape index (κ1) is 13.0. The maximum Gasteiger partial charge on any atom is 0.127 e. The molecule has 0 heterocycles. The van der Waals surface area contributed by atoms with Crippen molar-refractivity contribution in [1.29, 1.82) is 0 Å². The van der Waals surface area contributed by atoms with Gasteiger partial charge in [-0.25, -0.2) is 4.39 Å². The van der Waals surface area contributed by atoms with Gasteiger partial charge in [-0.05, 0) is 43.9 Å². The van der Waals surface area contributed by atoms with E-state index in [9.17, 15) is 4.39 Å². The summed E-state index contributed by atoms with van der Waals surface area (Å²) in [4.78, 5) is 0. The Morgan fingerprint density at radius 2 is 2.12 bits per heavy atom. The third-order valence-electron chi connectivity index (χ3n) is 3.73. The minimum atomic E-state index is -0.126. The van der Waals surface area contributed by atoms with Gasteiger partial charge in [-0.2, -0.15) is 0 Å². The van der Waals surface area contributed by atoms with Crippen molar-refractivity contribution >= 4 is 15.9 Å². The van der Waals surface area contributed by atoms with Crippen LogP contribution in [-0.4, -0.2) is 6.04 Å². The highest BCUT2D eigenvalue weighted by molar-refractivity contribution is 9.10. The maximum absolute atomic E-state index is 13.5. The second-order valence-corrected chi connectivity index (χ2v) is 5.87. The van der Waals surface area contributed by atoms with Crippen LogP contribution in [0.3, 0.4) is 0 Å². The molecule has 1 N–H and O–H groups in total. The Kier molecular flexibility index (Phi) is 4.57. The Hall–Kier alpha value is -0.410. The van der Waals surface area contributed by atoms with E-state index in [2.05, 4.69) is 28.2 Å². The standard InChI is InChI=1S/C14H19BrFN/c1-10(11-4-2-3-5-11)17-9-12-8-13(15)6-7-14(12)16/h6-8,10-11,17H,2-5,9H2,1H3/t10-/m0/s1. The zero-order valence-electron chi connectivity index (χ0n) is 10.2. The predicted octanol–water partition coefficient (Wildman–Crippen LogP) is 4.26. The van der Waals surface area contributed by atoms with E-state index in [0.29, 0.717) is 12.6 Å². The molecule has 1 aromatic carbocycles. The average molecular weight is 300 g/mol. The molecule has 17 heavy (non-hydrogen) atoms. The van der Waals surface area contributed by atoms with Gasteiger partial charge in [0.25, 0.3) is 0 Å². The molecule has 1 fully saturated rings. The molecule has 0 unspecified atom stereocenters. The molecule has 0 amide bonds. The number of halogens is 2. The third-order valence-corrected chi connectivity index (χ3v) is 4.22. The summed E-state index contributed by atoms with van der Waals surface area (Å²) in [5, 5.41) is 3.45. The topological polar surface area (TPSA) is 12.0 Å². The number of hydrogen-bond acceptors (Lipinski definition) is 1. The van der Waals surface area contributed by atoms with Crippen molar-refractivity contribution in [2.24, 2.45) is 5.92 Å². The summed E-state index contributed by atoms with van der Waals surface area (Å²) in [5.74, 6) is 0.643. The Morgan fingerprint density at radius 1 is 1.41 bits per heavy atom. The summed E-state index contributed by atoms with van der Waals surface area (Å²) in [7, 11) is 0. The van der Waals surface area contributed by atoms with Crippen LogP contribution in [0.1, 0.15) is 38.2 Å². The molecule has 1 aromatic rings. The van der Waals surface area contributed by atoms with Crippen molar-refractivity contribution in [2.75, 3.05) is 0 Å². The van der Waals surface area contributed by atoms with Crippen LogP contribution in [0.25, 0.3) is 0 Å². The third kappa shape index (κ3) is 3.52. The summed E-state index contributed by atoms with van der Waals surface area (Å²) in [5.41, 5.74) is 0.740. The molecule has 1 aliphatic rings. The molecule has 1 nitrogen and oxygen atoms in total. The van der Waals surface area contributed by atoms with Crippen LogP contribution in [-0.2, 0) is 6.54 Å². The minimum Gasteiger partial charge on any atom is -0.310 e. The maximum atomic E-state index is 13.5. The van der Waals surface area contributed by atoms with Crippen LogP contribution in [0.4, 0.5) is 4.39 Å². The van der Waals surface area contributed by atoms with Crippen LogP contribution in [0.5, 0.6) is 0 Å². The normalized spacial score (nSPS) is 18.5. The van der Waals surface area contributed by atoms with E-state index in [4.69, 9.17) is 0 Å². The second-order valence-electron chi connectivity index (χ2n) is 4.95. The first-order chi connectivity index (χ1) is 8.16. The first-order valence-corrected chi connectivity index (χ1v) is 7.13. The molecule has 0 spiro atoms. The molecule has 0 aromatic heterocycles. The van der Waals surface area contributed by atoms with Gasteiger partial charge in [-0.3, -0.25) is 0 Å². The lowest BCUT2D eigenvalue weighted by Crippen LogP contribution is -2.32. The molecule has 94 valence electrons. The lowest BCUT2D eigenvalue weighted by molar-refractivity contribution is 0.378. The zero-order valence-corrected chi connectivity index (χ0v) is 11.8. The highest BCUT2D eigenvalue weighted by Crippen LogP contribution is 2.27. The quantitative estimate of drug-likeness (QED) is 0.876. The van der Waals surface area contributed by atoms with Crippen molar-refractivity contribution in [1.82, 2.24) is 5.32 Å². The summed E-state index contributed by atoms with van der Waals surface area (Å²) >= 11 is 3.38. The van der Waals surface area contributed by atoms with Crippen LogP contribution in [0.15, 0.2) is 22.7 Å². The molecular formula is C14H19BrFN. The van der Waals surface area contributed by atoms with E-state index < -0.39 is 0 Å². The fourth-order valence-corrected chi connectivity index (χ4v) is 2.98. The van der Waals surface area contributed by atoms with Crippen LogP contribution in [0, 0.1) is 11.7 Å². The van der Waals surface area contributed by atoms with Gasteiger partial charge in [0.15, 0.2) is 0 Å². The fraction of sp³-hybridized carbons (Fsp3) is 0.571. The fourth-order valence-electron chi connectivity index (χ4n) is 2.57. The molecular weight excluding hydrogens is 281 g/mol. The van der Waals surface area contributed by atoms with Crippen molar-refractivity contribution in [3.05, 3.63) is 34.1 Å². The molecule has 0 radical (unpaired) electrons. The van der Waals surface area contributed by atoms with Crippen LogP contribution >= 0.6 is 15.9 Å². The first-order valence-electron chi connectivity index (χ1n) is 6.34. The Balaban J connectivity index is 1.90. The lowest BCUT2D eigenvalue weighted by Gasteiger charge is -2.20. The molecule has 0 aliphatic heterocycles. The smallest absolute Gasteiger partial charge is 0.127 e. The minimum absolute atomic E-state index is 0.126. The lowest BCUT2D eigenvalue weighted by atomic mass is 9.99. The van der Waals surface area contributed by atoms with Gasteiger partial charge < -0.3 is 5.32 Å². The average Bonchev–Trinajstić information content (AvgIpc) is 2.83. The molecule has 3 heteroatoms. The Labute approximate surface area is 111 Å². The van der Waals surface area contributed by atoms with E-state index >= 15 is 0 Å². The largest absolute Gasteiger partial charge is 0.310 e. The summed E-state index contributed by atoms with van der Waals surface area (Å²) in [6.07, 6.45) is 5.33. The zero-order chi connectivity index (χ0) is 12.3. The Bertz CT molecular complexity index is 374. The highest BCUT2D eigenvalue weighted by Gasteiger charge is 2.21. The molecule has 2 rings (SSSR count). The summed E-state index contributed by atoms with van der Waals surface area (Å²) < 4.78 is 14.5. The number of nitrogens with one attached hydrogen (secondary N) is 1. The van der Waals surface area contributed by atoms with Gasteiger partial charge in [0.2, 0.25) is 0 Å². The van der Waals surface area contributed by atoms with Crippen molar-refractivity contribution in [3.63, 3.8) is 0 Å². The SMILES string of the molecule is C[C@H](NCc1cc(Br)ccc1F)C1CCCC1. The van der Waals surface area contributed by atoms with E-state index in [0.717, 1.165) is 16.0 Å². The summed E-state index contributed by atoms with van der Waals surface area (Å²) in [6.45, 7) is 2.83. The molecule has 0 bridgehead atoms. The van der Waals surface area contributed by atoms with Gasteiger partial charge in [0, 0.05) is 22.6 Å². The molecule has 0 saturated heterocycles. The van der Waals surface area contributed by atoms with Gasteiger partial charge in [0.05, 0.1) is 0 Å². The number of benzene rings is 1. The highest BCUT2D eigenvalue weighted by atomic mass is 79.9. The number of rotatable bonds is 4. The molecule has 1 aliphatic carbocycles. The van der Waals surface area contributed by atoms with Crippen molar-refractivity contribution in [3.8, 4) is 0 Å². The van der Waals surface area contributed by atoms with Gasteiger partial charge in [-0.15, -0.1) is 0 Å². The number of hydrogen-bond donors (Lipinski definition) is 1. The van der Waals surface area contributed by atoms with E-state index in [-0.39, 0.29) is 5.82 Å². The monoisotopic (exact) mass is 299 g/mol. The van der Waals surface area contributed by atoms with Crippen LogP contribution < -0.4 is 5.32 Å².